The second kappa shape index (κ2) is 4.25. The van der Waals surface area contributed by atoms with Gasteiger partial charge in [0.15, 0.2) is 15.6 Å². The van der Waals surface area contributed by atoms with Crippen LogP contribution in [0.3, 0.4) is 0 Å². The van der Waals surface area contributed by atoms with Gasteiger partial charge in [-0.15, -0.1) is 11.3 Å². The van der Waals surface area contributed by atoms with Crippen LogP contribution >= 0.6 is 11.3 Å². The number of hydrogen-bond acceptors (Lipinski definition) is 5. The van der Waals surface area contributed by atoms with Gasteiger partial charge in [0, 0.05) is 12.3 Å². The maximum atomic E-state index is 11.8. The first-order valence-electron chi connectivity index (χ1n) is 5.18. The normalized spacial score (nSPS) is 24.2. The Morgan fingerprint density at radius 2 is 2.25 bits per heavy atom. The number of thiazole rings is 1. The lowest BCUT2D eigenvalue weighted by Gasteiger charge is -2.19. The Kier molecular flexibility index (Phi) is 3.12. The summed E-state index contributed by atoms with van der Waals surface area (Å²) in [5, 5.41) is 1.73. The number of hydrogen-bond donors (Lipinski definition) is 0. The van der Waals surface area contributed by atoms with Crippen molar-refractivity contribution in [3.8, 4) is 0 Å². The lowest BCUT2D eigenvalue weighted by Crippen LogP contribution is -2.21. The molecule has 88 valence electrons. The van der Waals surface area contributed by atoms with Gasteiger partial charge < -0.3 is 0 Å². The van der Waals surface area contributed by atoms with Gasteiger partial charge in [-0.2, -0.15) is 0 Å². The second-order valence-corrected chi connectivity index (χ2v) is 7.17. The minimum absolute atomic E-state index is 0.115. The van der Waals surface area contributed by atoms with Crippen LogP contribution in [0.2, 0.25) is 0 Å². The Morgan fingerprint density at radius 1 is 1.50 bits per heavy atom. The average molecular weight is 259 g/mol. The molecule has 0 spiro atoms. The van der Waals surface area contributed by atoms with Crippen LogP contribution in [0, 0.1) is 0 Å². The van der Waals surface area contributed by atoms with E-state index < -0.39 is 15.1 Å². The third kappa shape index (κ3) is 2.17. The van der Waals surface area contributed by atoms with Crippen molar-refractivity contribution < 1.29 is 13.2 Å². The molecule has 0 aliphatic carbocycles. The summed E-state index contributed by atoms with van der Waals surface area (Å²) in [6.45, 7) is 1.44. The van der Waals surface area contributed by atoms with E-state index in [-0.39, 0.29) is 11.5 Å². The van der Waals surface area contributed by atoms with Crippen LogP contribution in [0.15, 0.2) is 5.38 Å². The molecule has 0 bridgehead atoms. The molecule has 0 saturated carbocycles. The molecule has 0 amide bonds. The first kappa shape index (κ1) is 11.7. The highest BCUT2D eigenvalue weighted by atomic mass is 32.2. The molecule has 6 heteroatoms. The largest absolute Gasteiger partial charge is 0.293 e. The molecule has 1 atom stereocenters. The number of rotatable bonds is 2. The van der Waals surface area contributed by atoms with Gasteiger partial charge in [-0.25, -0.2) is 13.4 Å². The van der Waals surface area contributed by atoms with E-state index in [0.717, 1.165) is 12.8 Å². The third-order valence-electron chi connectivity index (χ3n) is 2.74. The number of ketones is 1. The summed E-state index contributed by atoms with van der Waals surface area (Å²) < 4.78 is 23.7. The van der Waals surface area contributed by atoms with E-state index in [1.165, 1.54) is 18.3 Å². The molecule has 4 nitrogen and oxygen atoms in total. The van der Waals surface area contributed by atoms with Crippen LogP contribution in [0.4, 0.5) is 0 Å². The summed E-state index contributed by atoms with van der Waals surface area (Å²) in [6.07, 6.45) is 2.29. The van der Waals surface area contributed by atoms with Crippen molar-refractivity contribution >= 4 is 27.0 Å². The van der Waals surface area contributed by atoms with Crippen LogP contribution in [0.25, 0.3) is 0 Å². The first-order chi connectivity index (χ1) is 7.50. The molecule has 1 saturated heterocycles. The molecule has 1 aromatic heterocycles. The van der Waals surface area contributed by atoms with E-state index in [9.17, 15) is 13.2 Å². The molecule has 0 N–H and O–H groups in total. The van der Waals surface area contributed by atoms with Gasteiger partial charge in [0.1, 0.15) is 16.0 Å². The highest BCUT2D eigenvalue weighted by Crippen LogP contribution is 2.34. The fourth-order valence-corrected chi connectivity index (χ4v) is 5.08. The molecule has 2 rings (SSSR count). The van der Waals surface area contributed by atoms with E-state index in [0.29, 0.717) is 17.1 Å². The van der Waals surface area contributed by atoms with Crippen LogP contribution < -0.4 is 0 Å². The molecular weight excluding hydrogens is 246 g/mol. The van der Waals surface area contributed by atoms with Crippen molar-refractivity contribution in [2.24, 2.45) is 0 Å². The van der Waals surface area contributed by atoms with Gasteiger partial charge in [-0.3, -0.25) is 4.79 Å². The molecule has 1 aliphatic heterocycles. The lowest BCUT2D eigenvalue weighted by molar-refractivity contribution is 0.101. The van der Waals surface area contributed by atoms with Gasteiger partial charge >= 0.3 is 0 Å². The minimum atomic E-state index is -3.05. The van der Waals surface area contributed by atoms with E-state index in [1.54, 1.807) is 5.38 Å². The van der Waals surface area contributed by atoms with E-state index in [1.807, 2.05) is 0 Å². The van der Waals surface area contributed by atoms with Crippen LogP contribution in [-0.2, 0) is 9.84 Å². The fraction of sp³-hybridized carbons (Fsp3) is 0.600. The van der Waals surface area contributed by atoms with Crippen molar-refractivity contribution in [1.82, 2.24) is 4.98 Å². The Morgan fingerprint density at radius 3 is 2.81 bits per heavy atom. The quantitative estimate of drug-likeness (QED) is 0.762. The monoisotopic (exact) mass is 259 g/mol. The lowest BCUT2D eigenvalue weighted by atomic mass is 10.2. The second-order valence-electron chi connectivity index (χ2n) is 3.98. The van der Waals surface area contributed by atoms with Crippen molar-refractivity contribution in [2.75, 3.05) is 5.75 Å². The Hall–Kier alpha value is -0.750. The van der Waals surface area contributed by atoms with E-state index >= 15 is 0 Å². The maximum Gasteiger partial charge on any atom is 0.178 e. The van der Waals surface area contributed by atoms with E-state index in [2.05, 4.69) is 4.98 Å². The van der Waals surface area contributed by atoms with E-state index in [4.69, 9.17) is 0 Å². The van der Waals surface area contributed by atoms with Crippen LogP contribution in [-0.4, -0.2) is 24.9 Å². The van der Waals surface area contributed by atoms with Gasteiger partial charge in [-0.05, 0) is 12.8 Å². The molecule has 1 aromatic rings. The predicted molar refractivity (Wildman–Crippen MR) is 62.5 cm³/mol. The van der Waals surface area contributed by atoms with Crippen molar-refractivity contribution in [3.63, 3.8) is 0 Å². The summed E-state index contributed by atoms with van der Waals surface area (Å²) in [4.78, 5) is 15.2. The number of nitrogens with zero attached hydrogens (tertiary/aromatic N) is 1. The first-order valence-corrected chi connectivity index (χ1v) is 7.78. The fourth-order valence-electron chi connectivity index (χ4n) is 1.83. The zero-order chi connectivity index (χ0) is 11.8. The zero-order valence-electron chi connectivity index (χ0n) is 8.97. The standard InChI is InChI=1S/C10H13NO3S2/c1-7(12)8-6-15-10(11-8)9-4-2-3-5-16(9,13)14/h6,9H,2-5H2,1H3. The predicted octanol–water partition coefficient (Wildman–Crippen LogP) is 1.99. The molecule has 0 aromatic carbocycles. The highest BCUT2D eigenvalue weighted by molar-refractivity contribution is 7.91. The molecule has 2 heterocycles. The topological polar surface area (TPSA) is 64.1 Å². The summed E-state index contributed by atoms with van der Waals surface area (Å²) >= 11 is 1.28. The van der Waals surface area contributed by atoms with Crippen molar-refractivity contribution in [3.05, 3.63) is 16.1 Å². The summed E-state index contributed by atoms with van der Waals surface area (Å²) in [5.74, 6) is 0.128. The molecule has 0 radical (unpaired) electrons. The van der Waals surface area contributed by atoms with Gasteiger partial charge in [0.25, 0.3) is 0 Å². The maximum absolute atomic E-state index is 11.8. The number of Topliss-reactive ketones (excluding diaryl/α,β-unsaturated/α-hetero) is 1. The summed E-state index contributed by atoms with van der Waals surface area (Å²) in [7, 11) is -3.05. The molecule has 1 unspecified atom stereocenters. The average Bonchev–Trinajstić information content (AvgIpc) is 2.65. The molecule has 1 aliphatic rings. The van der Waals surface area contributed by atoms with Crippen molar-refractivity contribution in [1.29, 1.82) is 0 Å². The third-order valence-corrected chi connectivity index (χ3v) is 6.03. The van der Waals surface area contributed by atoms with Crippen LogP contribution in [0.5, 0.6) is 0 Å². The van der Waals surface area contributed by atoms with Crippen LogP contribution in [0.1, 0.15) is 46.9 Å². The Bertz CT molecular complexity index is 504. The number of aromatic nitrogens is 1. The molecule has 16 heavy (non-hydrogen) atoms. The molecular formula is C10H13NO3S2. The van der Waals surface area contributed by atoms with Gasteiger partial charge in [0.2, 0.25) is 0 Å². The Labute approximate surface area is 98.6 Å². The minimum Gasteiger partial charge on any atom is -0.293 e. The summed E-state index contributed by atoms with van der Waals surface area (Å²) in [6, 6.07) is 0. The number of carbonyl (C=O) groups excluding carboxylic acids is 1. The van der Waals surface area contributed by atoms with Gasteiger partial charge in [-0.1, -0.05) is 6.42 Å². The number of carbonyl (C=O) groups is 1. The smallest absolute Gasteiger partial charge is 0.178 e. The zero-order valence-corrected chi connectivity index (χ0v) is 10.6. The highest BCUT2D eigenvalue weighted by Gasteiger charge is 2.32. The molecule has 1 fully saturated rings. The van der Waals surface area contributed by atoms with Crippen molar-refractivity contribution in [2.45, 2.75) is 31.4 Å². The summed E-state index contributed by atoms with van der Waals surface area (Å²) in [5.41, 5.74) is 0.376. The van der Waals surface area contributed by atoms with Gasteiger partial charge in [0.05, 0.1) is 5.75 Å². The SMILES string of the molecule is CC(=O)c1csc(C2CCCCS2(=O)=O)n1. The Balaban J connectivity index is 2.32. The number of sulfone groups is 1.